The van der Waals surface area contributed by atoms with Crippen LogP contribution in [0.4, 0.5) is 9.59 Å². The lowest BCUT2D eigenvalue weighted by Gasteiger charge is -2.19. The van der Waals surface area contributed by atoms with Crippen molar-refractivity contribution in [1.82, 2.24) is 4.90 Å². The summed E-state index contributed by atoms with van der Waals surface area (Å²) in [6, 6.07) is 8.18. The van der Waals surface area contributed by atoms with Crippen molar-refractivity contribution in [3.05, 3.63) is 35.9 Å². The normalized spacial score (nSPS) is 18.0. The Hall–Kier alpha value is -2.37. The van der Waals surface area contributed by atoms with E-state index in [0.29, 0.717) is 6.42 Å². The minimum absolute atomic E-state index is 0.0338. The predicted octanol–water partition coefficient (Wildman–Crippen LogP) is 2.72. The van der Waals surface area contributed by atoms with Crippen LogP contribution in [0.5, 0.6) is 0 Å². The van der Waals surface area contributed by atoms with Gasteiger partial charge in [0.25, 0.3) is 0 Å². The maximum atomic E-state index is 12.0. The van der Waals surface area contributed by atoms with E-state index in [0.717, 1.165) is 10.5 Å². The Morgan fingerprint density at radius 2 is 1.95 bits per heavy atom. The molecule has 0 N–H and O–H groups in total. The number of imide groups is 1. The first-order chi connectivity index (χ1) is 9.99. The van der Waals surface area contributed by atoms with Crippen molar-refractivity contribution in [2.75, 3.05) is 0 Å². The van der Waals surface area contributed by atoms with E-state index in [2.05, 4.69) is 4.74 Å². The molecule has 1 aromatic rings. The first-order valence-corrected chi connectivity index (χ1v) is 6.74. The summed E-state index contributed by atoms with van der Waals surface area (Å²) < 4.78 is 9.58. The number of rotatable bonds is 4. The van der Waals surface area contributed by atoms with Crippen molar-refractivity contribution >= 4 is 18.2 Å². The molecule has 0 radical (unpaired) electrons. The fourth-order valence-electron chi connectivity index (χ4n) is 2.07. The van der Waals surface area contributed by atoms with Crippen LogP contribution in [0, 0.1) is 5.92 Å². The van der Waals surface area contributed by atoms with Crippen LogP contribution < -0.4 is 0 Å². The van der Waals surface area contributed by atoms with Crippen LogP contribution in [0.25, 0.3) is 0 Å². The van der Waals surface area contributed by atoms with Crippen LogP contribution >= 0.6 is 0 Å². The third-order valence-electron chi connectivity index (χ3n) is 3.06. The average Bonchev–Trinajstić information content (AvgIpc) is 2.71. The van der Waals surface area contributed by atoms with Gasteiger partial charge >= 0.3 is 18.2 Å². The van der Waals surface area contributed by atoms with Crippen LogP contribution in [0.1, 0.15) is 25.8 Å². The lowest BCUT2D eigenvalue weighted by Crippen LogP contribution is -2.41. The lowest BCUT2D eigenvalue weighted by molar-refractivity contribution is -0.136. The fourth-order valence-corrected chi connectivity index (χ4v) is 2.07. The van der Waals surface area contributed by atoms with E-state index in [4.69, 9.17) is 4.74 Å². The third-order valence-corrected chi connectivity index (χ3v) is 3.06. The van der Waals surface area contributed by atoms with Gasteiger partial charge in [-0.25, -0.2) is 14.4 Å². The highest BCUT2D eigenvalue weighted by Gasteiger charge is 2.46. The fraction of sp³-hybridized carbons (Fsp3) is 0.400. The van der Waals surface area contributed by atoms with E-state index >= 15 is 0 Å². The molecular weight excluding hydrogens is 274 g/mol. The van der Waals surface area contributed by atoms with E-state index in [1.54, 1.807) is 12.1 Å². The molecule has 0 aliphatic carbocycles. The summed E-state index contributed by atoms with van der Waals surface area (Å²) in [6.45, 7) is 3.82. The van der Waals surface area contributed by atoms with Crippen LogP contribution in [-0.2, 0) is 20.9 Å². The molecule has 1 aromatic carbocycles. The zero-order valence-corrected chi connectivity index (χ0v) is 11.9. The molecule has 1 heterocycles. The smallest absolute Gasteiger partial charge is 0.427 e. The molecule has 2 rings (SSSR count). The van der Waals surface area contributed by atoms with Crippen LogP contribution in [-0.4, -0.2) is 29.1 Å². The van der Waals surface area contributed by atoms with E-state index in [-0.39, 0.29) is 12.5 Å². The van der Waals surface area contributed by atoms with Crippen LogP contribution in [0.2, 0.25) is 0 Å². The highest BCUT2D eigenvalue weighted by Crippen LogP contribution is 2.22. The molecular formula is C15H17NO5. The maximum Gasteiger partial charge on any atom is 0.427 e. The Balaban J connectivity index is 2.02. The van der Waals surface area contributed by atoms with Crippen molar-refractivity contribution in [1.29, 1.82) is 0 Å². The summed E-state index contributed by atoms with van der Waals surface area (Å²) in [4.78, 5) is 36.0. The highest BCUT2D eigenvalue weighted by molar-refractivity contribution is 6.03. The van der Waals surface area contributed by atoms with Gasteiger partial charge in [-0.05, 0) is 17.9 Å². The molecule has 6 heteroatoms. The zero-order valence-electron chi connectivity index (χ0n) is 11.9. The number of esters is 1. The number of hydrogen-bond donors (Lipinski definition) is 0. The van der Waals surface area contributed by atoms with E-state index in [1.807, 2.05) is 32.0 Å². The molecule has 1 saturated heterocycles. The largest absolute Gasteiger partial charge is 0.444 e. The van der Waals surface area contributed by atoms with Crippen molar-refractivity contribution < 1.29 is 23.9 Å². The van der Waals surface area contributed by atoms with Crippen molar-refractivity contribution in [2.24, 2.45) is 5.92 Å². The van der Waals surface area contributed by atoms with Gasteiger partial charge in [0.05, 0.1) is 0 Å². The summed E-state index contributed by atoms with van der Waals surface area (Å²) in [5.74, 6) is -0.566. The van der Waals surface area contributed by atoms with Gasteiger partial charge in [0.1, 0.15) is 12.6 Å². The molecule has 112 valence electrons. The number of carbonyl (C=O) groups is 3. The first kappa shape index (κ1) is 15.0. The van der Waals surface area contributed by atoms with E-state index < -0.39 is 24.2 Å². The van der Waals surface area contributed by atoms with Gasteiger partial charge in [-0.3, -0.25) is 0 Å². The molecule has 1 unspecified atom stereocenters. The van der Waals surface area contributed by atoms with Gasteiger partial charge in [-0.2, -0.15) is 4.90 Å². The number of benzene rings is 1. The van der Waals surface area contributed by atoms with E-state index in [9.17, 15) is 14.4 Å². The molecule has 0 bridgehead atoms. The molecule has 6 nitrogen and oxygen atoms in total. The van der Waals surface area contributed by atoms with Gasteiger partial charge in [-0.1, -0.05) is 44.2 Å². The monoisotopic (exact) mass is 291 g/mol. The van der Waals surface area contributed by atoms with Gasteiger partial charge in [-0.15, -0.1) is 0 Å². The molecule has 1 atom stereocenters. The predicted molar refractivity (Wildman–Crippen MR) is 73.2 cm³/mol. The Bertz CT molecular complexity index is 540. The van der Waals surface area contributed by atoms with Crippen molar-refractivity contribution in [2.45, 2.75) is 32.9 Å². The first-order valence-electron chi connectivity index (χ1n) is 6.74. The maximum absolute atomic E-state index is 12.0. The minimum atomic E-state index is -0.969. The topological polar surface area (TPSA) is 72.9 Å². The summed E-state index contributed by atoms with van der Waals surface area (Å²) in [5, 5.41) is 0. The molecule has 0 saturated carbocycles. The molecule has 21 heavy (non-hydrogen) atoms. The van der Waals surface area contributed by atoms with E-state index in [1.165, 1.54) is 0 Å². The summed E-state index contributed by atoms with van der Waals surface area (Å²) in [6.07, 6.45) is -1.48. The Labute approximate surface area is 122 Å². The second kappa shape index (κ2) is 6.39. The molecule has 1 fully saturated rings. The summed E-state index contributed by atoms with van der Waals surface area (Å²) >= 11 is 0. The average molecular weight is 291 g/mol. The molecule has 0 spiro atoms. The number of hydrogen-bond acceptors (Lipinski definition) is 5. The minimum Gasteiger partial charge on any atom is -0.444 e. The summed E-state index contributed by atoms with van der Waals surface area (Å²) in [7, 11) is 0. The number of amides is 2. The Morgan fingerprint density at radius 3 is 2.57 bits per heavy atom. The molecule has 2 amide bonds. The van der Waals surface area contributed by atoms with Gasteiger partial charge in [0.2, 0.25) is 0 Å². The van der Waals surface area contributed by atoms with Gasteiger partial charge in [0.15, 0.2) is 0 Å². The second-order valence-corrected chi connectivity index (χ2v) is 5.24. The highest BCUT2D eigenvalue weighted by atomic mass is 16.6. The van der Waals surface area contributed by atoms with Gasteiger partial charge < -0.3 is 9.47 Å². The third kappa shape index (κ3) is 3.59. The zero-order chi connectivity index (χ0) is 15.4. The Kier molecular flexibility index (Phi) is 4.57. The van der Waals surface area contributed by atoms with Gasteiger partial charge in [0, 0.05) is 0 Å². The molecule has 1 aliphatic rings. The SMILES string of the molecule is CC(C)CC1C(=O)OC(=O)N1C(=O)OCc1ccccc1. The second-order valence-electron chi connectivity index (χ2n) is 5.24. The van der Waals surface area contributed by atoms with Crippen LogP contribution in [0.3, 0.4) is 0 Å². The Morgan fingerprint density at radius 1 is 1.29 bits per heavy atom. The number of carbonyl (C=O) groups excluding carboxylic acids is 3. The van der Waals surface area contributed by atoms with Crippen molar-refractivity contribution in [3.63, 3.8) is 0 Å². The molecule has 1 aliphatic heterocycles. The van der Waals surface area contributed by atoms with Crippen molar-refractivity contribution in [3.8, 4) is 0 Å². The quantitative estimate of drug-likeness (QED) is 0.630. The number of ether oxygens (including phenoxy) is 2. The number of nitrogens with zero attached hydrogens (tertiary/aromatic N) is 1. The summed E-state index contributed by atoms with van der Waals surface area (Å²) in [5.41, 5.74) is 0.796. The van der Waals surface area contributed by atoms with Crippen LogP contribution in [0.15, 0.2) is 30.3 Å². The number of cyclic esters (lactones) is 2. The molecule has 0 aromatic heterocycles. The standard InChI is InChI=1S/C15H17NO5/c1-10(2)8-12-13(17)21-15(19)16(12)14(18)20-9-11-6-4-3-5-7-11/h3-7,10,12H,8-9H2,1-2H3. The lowest BCUT2D eigenvalue weighted by atomic mass is 10.0.